The minimum absolute atomic E-state index is 0.559. The summed E-state index contributed by atoms with van der Waals surface area (Å²) in [6.07, 6.45) is 7.76. The van der Waals surface area contributed by atoms with E-state index in [9.17, 15) is 0 Å². The van der Waals surface area contributed by atoms with E-state index in [-0.39, 0.29) is 0 Å². The normalized spacial score (nSPS) is 25.8. The SMILES string of the molecule is NC(=NC1CC1)N1CCCCCC1. The van der Waals surface area contributed by atoms with Gasteiger partial charge >= 0.3 is 0 Å². The molecule has 0 unspecified atom stereocenters. The molecule has 2 rings (SSSR count). The van der Waals surface area contributed by atoms with E-state index >= 15 is 0 Å². The molecule has 1 heterocycles. The highest BCUT2D eigenvalue weighted by molar-refractivity contribution is 5.78. The Hall–Kier alpha value is -0.730. The molecule has 0 amide bonds. The molecule has 0 aromatic heterocycles. The molecule has 0 atom stereocenters. The fraction of sp³-hybridized carbons (Fsp3) is 0.900. The lowest BCUT2D eigenvalue weighted by Crippen LogP contribution is -2.38. The molecule has 2 aliphatic rings. The minimum Gasteiger partial charge on any atom is -0.370 e. The Bertz CT molecular complexity index is 188. The van der Waals surface area contributed by atoms with Gasteiger partial charge in [-0.1, -0.05) is 12.8 Å². The van der Waals surface area contributed by atoms with Gasteiger partial charge in [0.1, 0.15) is 0 Å². The molecule has 0 aromatic carbocycles. The van der Waals surface area contributed by atoms with Gasteiger partial charge in [0, 0.05) is 13.1 Å². The molecule has 2 N–H and O–H groups in total. The van der Waals surface area contributed by atoms with Crippen LogP contribution < -0.4 is 5.73 Å². The van der Waals surface area contributed by atoms with Crippen LogP contribution in [0.5, 0.6) is 0 Å². The Balaban J connectivity index is 1.88. The van der Waals surface area contributed by atoms with E-state index in [1.807, 2.05) is 0 Å². The van der Waals surface area contributed by atoms with Crippen molar-refractivity contribution in [1.82, 2.24) is 4.90 Å². The van der Waals surface area contributed by atoms with Crippen molar-refractivity contribution in [1.29, 1.82) is 0 Å². The number of aliphatic imine (C=N–C) groups is 1. The van der Waals surface area contributed by atoms with Crippen LogP contribution in [0.3, 0.4) is 0 Å². The van der Waals surface area contributed by atoms with Gasteiger partial charge in [0.05, 0.1) is 6.04 Å². The largest absolute Gasteiger partial charge is 0.370 e. The zero-order chi connectivity index (χ0) is 9.10. The molecule has 1 saturated carbocycles. The summed E-state index contributed by atoms with van der Waals surface area (Å²) in [6.45, 7) is 2.23. The predicted molar refractivity (Wildman–Crippen MR) is 54.7 cm³/mol. The molecule has 1 saturated heterocycles. The molecule has 0 bridgehead atoms. The fourth-order valence-electron chi connectivity index (χ4n) is 1.77. The van der Waals surface area contributed by atoms with Crippen molar-refractivity contribution in [2.45, 2.75) is 44.6 Å². The predicted octanol–water partition coefficient (Wildman–Crippen LogP) is 1.34. The Morgan fingerprint density at radius 2 is 1.69 bits per heavy atom. The van der Waals surface area contributed by atoms with Gasteiger partial charge in [0.2, 0.25) is 0 Å². The van der Waals surface area contributed by atoms with Crippen LogP contribution in [0.15, 0.2) is 4.99 Å². The lowest BCUT2D eigenvalue weighted by atomic mass is 10.2. The number of nitrogens with two attached hydrogens (primary N) is 1. The lowest BCUT2D eigenvalue weighted by Gasteiger charge is -2.20. The molecule has 3 heteroatoms. The van der Waals surface area contributed by atoms with E-state index in [0.717, 1.165) is 19.0 Å². The first-order valence-electron chi connectivity index (χ1n) is 5.44. The van der Waals surface area contributed by atoms with Gasteiger partial charge in [-0.15, -0.1) is 0 Å². The van der Waals surface area contributed by atoms with Gasteiger partial charge in [0.25, 0.3) is 0 Å². The van der Waals surface area contributed by atoms with Gasteiger partial charge in [-0.2, -0.15) is 0 Å². The van der Waals surface area contributed by atoms with Crippen LogP contribution in [0.4, 0.5) is 0 Å². The Labute approximate surface area is 80.0 Å². The number of hydrogen-bond acceptors (Lipinski definition) is 1. The third kappa shape index (κ3) is 2.61. The molecule has 2 fully saturated rings. The van der Waals surface area contributed by atoms with E-state index in [4.69, 9.17) is 5.73 Å². The summed E-state index contributed by atoms with van der Waals surface area (Å²) in [5.74, 6) is 0.796. The van der Waals surface area contributed by atoms with Crippen LogP contribution >= 0.6 is 0 Å². The monoisotopic (exact) mass is 181 g/mol. The van der Waals surface area contributed by atoms with Crippen molar-refractivity contribution in [3.63, 3.8) is 0 Å². The highest BCUT2D eigenvalue weighted by Gasteiger charge is 2.22. The highest BCUT2D eigenvalue weighted by atomic mass is 15.3. The smallest absolute Gasteiger partial charge is 0.191 e. The zero-order valence-corrected chi connectivity index (χ0v) is 8.21. The summed E-state index contributed by atoms with van der Waals surface area (Å²) in [6, 6.07) is 0.559. The number of rotatable bonds is 1. The van der Waals surface area contributed by atoms with Gasteiger partial charge < -0.3 is 10.6 Å². The van der Waals surface area contributed by atoms with E-state index in [0.29, 0.717) is 6.04 Å². The molecule has 1 aliphatic heterocycles. The molecule has 3 nitrogen and oxygen atoms in total. The molecule has 13 heavy (non-hydrogen) atoms. The maximum atomic E-state index is 5.93. The van der Waals surface area contributed by atoms with Crippen LogP contribution in [0.1, 0.15) is 38.5 Å². The second-order valence-corrected chi connectivity index (χ2v) is 4.12. The maximum absolute atomic E-state index is 5.93. The van der Waals surface area contributed by atoms with Gasteiger partial charge in [-0.3, -0.25) is 0 Å². The summed E-state index contributed by atoms with van der Waals surface area (Å²) in [5, 5.41) is 0. The third-order valence-corrected chi connectivity index (χ3v) is 2.79. The van der Waals surface area contributed by atoms with E-state index < -0.39 is 0 Å². The van der Waals surface area contributed by atoms with Crippen molar-refractivity contribution in [2.75, 3.05) is 13.1 Å². The quantitative estimate of drug-likeness (QED) is 0.490. The van der Waals surface area contributed by atoms with Crippen LogP contribution in [0, 0.1) is 0 Å². The fourth-order valence-corrected chi connectivity index (χ4v) is 1.77. The summed E-state index contributed by atoms with van der Waals surface area (Å²) < 4.78 is 0. The second-order valence-electron chi connectivity index (χ2n) is 4.12. The average Bonchev–Trinajstić information content (AvgIpc) is 2.87. The zero-order valence-electron chi connectivity index (χ0n) is 8.21. The van der Waals surface area contributed by atoms with Crippen molar-refractivity contribution in [3.05, 3.63) is 0 Å². The first-order chi connectivity index (χ1) is 6.36. The van der Waals surface area contributed by atoms with Gasteiger partial charge in [-0.05, 0) is 25.7 Å². The van der Waals surface area contributed by atoms with Gasteiger partial charge in [-0.25, -0.2) is 4.99 Å². The molecule has 1 aliphatic carbocycles. The van der Waals surface area contributed by atoms with Crippen LogP contribution in [0.25, 0.3) is 0 Å². The molecule has 0 radical (unpaired) electrons. The van der Waals surface area contributed by atoms with Crippen molar-refractivity contribution < 1.29 is 0 Å². The summed E-state index contributed by atoms with van der Waals surface area (Å²) in [5.41, 5.74) is 5.93. The van der Waals surface area contributed by atoms with Crippen LogP contribution in [-0.4, -0.2) is 30.0 Å². The average molecular weight is 181 g/mol. The number of likely N-dealkylation sites (tertiary alicyclic amines) is 1. The third-order valence-electron chi connectivity index (χ3n) is 2.79. The molecule has 74 valence electrons. The van der Waals surface area contributed by atoms with Crippen LogP contribution in [-0.2, 0) is 0 Å². The van der Waals surface area contributed by atoms with Crippen molar-refractivity contribution in [2.24, 2.45) is 10.7 Å². The Morgan fingerprint density at radius 3 is 2.23 bits per heavy atom. The van der Waals surface area contributed by atoms with E-state index in [2.05, 4.69) is 9.89 Å². The van der Waals surface area contributed by atoms with E-state index in [1.54, 1.807) is 0 Å². The molecular formula is C10H19N3. The summed E-state index contributed by atoms with van der Waals surface area (Å²) in [7, 11) is 0. The number of guanidine groups is 1. The molecular weight excluding hydrogens is 162 g/mol. The first kappa shape index (κ1) is 8.85. The summed E-state index contributed by atoms with van der Waals surface area (Å²) in [4.78, 5) is 6.73. The van der Waals surface area contributed by atoms with Crippen LogP contribution in [0.2, 0.25) is 0 Å². The second kappa shape index (κ2) is 3.99. The minimum atomic E-state index is 0.559. The number of nitrogens with zero attached hydrogens (tertiary/aromatic N) is 2. The number of hydrogen-bond donors (Lipinski definition) is 1. The Morgan fingerprint density at radius 1 is 1.08 bits per heavy atom. The maximum Gasteiger partial charge on any atom is 0.191 e. The highest BCUT2D eigenvalue weighted by Crippen LogP contribution is 2.23. The summed E-state index contributed by atoms with van der Waals surface area (Å²) >= 11 is 0. The Kier molecular flexibility index (Phi) is 2.71. The first-order valence-corrected chi connectivity index (χ1v) is 5.44. The standard InChI is InChI=1S/C10H19N3/c11-10(12-9-5-6-9)13-7-3-1-2-4-8-13/h9H,1-8H2,(H2,11,12). The topological polar surface area (TPSA) is 41.6 Å². The van der Waals surface area contributed by atoms with Crippen molar-refractivity contribution >= 4 is 5.96 Å². The van der Waals surface area contributed by atoms with Gasteiger partial charge in [0.15, 0.2) is 5.96 Å². The molecule has 0 aromatic rings. The lowest BCUT2D eigenvalue weighted by molar-refractivity contribution is 0.428. The molecule has 0 spiro atoms. The van der Waals surface area contributed by atoms with E-state index in [1.165, 1.54) is 38.5 Å². The van der Waals surface area contributed by atoms with Crippen molar-refractivity contribution in [3.8, 4) is 0 Å².